The number of amides is 1. The van der Waals surface area contributed by atoms with Gasteiger partial charge in [-0.1, -0.05) is 11.6 Å². The van der Waals surface area contributed by atoms with Gasteiger partial charge in [0, 0.05) is 26.7 Å². The Balaban J connectivity index is 1.84. The van der Waals surface area contributed by atoms with Crippen molar-refractivity contribution in [3.8, 4) is 0 Å². The molecule has 146 valence electrons. The van der Waals surface area contributed by atoms with Crippen molar-refractivity contribution in [3.63, 3.8) is 0 Å². The van der Waals surface area contributed by atoms with E-state index in [9.17, 15) is 19.7 Å². The number of anilines is 1. The van der Waals surface area contributed by atoms with Crippen LogP contribution in [0.4, 0.5) is 11.4 Å². The predicted molar refractivity (Wildman–Crippen MR) is 102 cm³/mol. The topological polar surface area (TPSA) is 102 Å². The van der Waals surface area contributed by atoms with Gasteiger partial charge in [0.05, 0.1) is 10.5 Å². The van der Waals surface area contributed by atoms with Crippen LogP contribution in [0.2, 0.25) is 0 Å². The molecule has 0 spiro atoms. The first-order chi connectivity index (χ1) is 12.9. The van der Waals surface area contributed by atoms with Gasteiger partial charge in [0.25, 0.3) is 11.6 Å². The van der Waals surface area contributed by atoms with Crippen molar-refractivity contribution in [2.24, 2.45) is 0 Å². The van der Waals surface area contributed by atoms with E-state index in [4.69, 9.17) is 4.74 Å². The lowest BCUT2D eigenvalue weighted by Crippen LogP contribution is -2.29. The van der Waals surface area contributed by atoms with Gasteiger partial charge in [-0.05, 0) is 44.2 Å². The Hall–Kier alpha value is -2.90. The fourth-order valence-electron chi connectivity index (χ4n) is 2.93. The van der Waals surface area contributed by atoms with Crippen LogP contribution < -0.4 is 10.2 Å². The van der Waals surface area contributed by atoms with Crippen molar-refractivity contribution in [2.75, 3.05) is 32.1 Å². The highest BCUT2D eigenvalue weighted by Gasteiger charge is 2.20. The van der Waals surface area contributed by atoms with Crippen LogP contribution in [0, 0.1) is 10.1 Å². The van der Waals surface area contributed by atoms with Crippen LogP contribution in [0.3, 0.4) is 0 Å². The fraction of sp³-hybridized carbons (Fsp3) is 0.474. The molecule has 2 rings (SSSR count). The van der Waals surface area contributed by atoms with E-state index in [-0.39, 0.29) is 17.2 Å². The van der Waals surface area contributed by atoms with E-state index in [0.717, 1.165) is 25.3 Å². The van der Waals surface area contributed by atoms with Gasteiger partial charge in [0.1, 0.15) is 5.69 Å². The molecular formula is C19H25N3O5. The molecule has 27 heavy (non-hydrogen) atoms. The lowest BCUT2D eigenvalue weighted by atomic mass is 9.97. The number of hydrogen-bond acceptors (Lipinski definition) is 6. The second-order valence-electron chi connectivity index (χ2n) is 6.64. The number of benzene rings is 1. The van der Waals surface area contributed by atoms with Gasteiger partial charge >= 0.3 is 5.97 Å². The summed E-state index contributed by atoms with van der Waals surface area (Å²) in [6.07, 6.45) is 7.61. The molecule has 1 amide bonds. The Morgan fingerprint density at radius 3 is 2.70 bits per heavy atom. The summed E-state index contributed by atoms with van der Waals surface area (Å²) in [6, 6.07) is 4.08. The summed E-state index contributed by atoms with van der Waals surface area (Å²) in [5.41, 5.74) is 1.57. The zero-order valence-electron chi connectivity index (χ0n) is 15.7. The highest BCUT2D eigenvalue weighted by molar-refractivity contribution is 5.93. The quantitative estimate of drug-likeness (QED) is 0.324. The van der Waals surface area contributed by atoms with Crippen LogP contribution in [-0.4, -0.2) is 44.0 Å². The summed E-state index contributed by atoms with van der Waals surface area (Å²) in [5, 5.41) is 13.9. The summed E-state index contributed by atoms with van der Waals surface area (Å²) in [6.45, 7) is 0.0896. The molecule has 0 saturated heterocycles. The SMILES string of the molecule is CN(C)c1ccc(C(=O)OCC(=O)NCCC2=CCCCC2)cc1[N+](=O)[O-]. The number of nitro benzene ring substituents is 1. The molecule has 0 radical (unpaired) electrons. The zero-order chi connectivity index (χ0) is 19.8. The number of ether oxygens (including phenoxy) is 1. The number of esters is 1. The van der Waals surface area contributed by atoms with Crippen LogP contribution in [-0.2, 0) is 9.53 Å². The molecule has 0 aromatic heterocycles. The van der Waals surface area contributed by atoms with Crippen LogP contribution in [0.1, 0.15) is 42.5 Å². The Labute approximate surface area is 158 Å². The molecule has 1 N–H and O–H groups in total. The van der Waals surface area contributed by atoms with Crippen molar-refractivity contribution in [2.45, 2.75) is 32.1 Å². The lowest BCUT2D eigenvalue weighted by molar-refractivity contribution is -0.384. The van der Waals surface area contributed by atoms with Crippen LogP contribution in [0.15, 0.2) is 29.8 Å². The first-order valence-corrected chi connectivity index (χ1v) is 8.96. The molecule has 8 nitrogen and oxygen atoms in total. The van der Waals surface area contributed by atoms with Gasteiger partial charge in [-0.15, -0.1) is 0 Å². The second-order valence-corrected chi connectivity index (χ2v) is 6.64. The van der Waals surface area contributed by atoms with Gasteiger partial charge in [0.2, 0.25) is 0 Å². The summed E-state index contributed by atoms with van der Waals surface area (Å²) >= 11 is 0. The molecule has 0 saturated carbocycles. The fourth-order valence-corrected chi connectivity index (χ4v) is 2.93. The van der Waals surface area contributed by atoms with E-state index in [1.54, 1.807) is 19.0 Å². The average Bonchev–Trinajstić information content (AvgIpc) is 2.66. The van der Waals surface area contributed by atoms with Crippen molar-refractivity contribution < 1.29 is 19.2 Å². The van der Waals surface area contributed by atoms with E-state index in [2.05, 4.69) is 11.4 Å². The third-order valence-electron chi connectivity index (χ3n) is 4.38. The average molecular weight is 375 g/mol. The number of nitrogens with zero attached hydrogens (tertiary/aromatic N) is 2. The van der Waals surface area contributed by atoms with Crippen LogP contribution >= 0.6 is 0 Å². The molecule has 0 bridgehead atoms. The smallest absolute Gasteiger partial charge is 0.338 e. The zero-order valence-corrected chi connectivity index (χ0v) is 15.7. The van der Waals surface area contributed by atoms with Crippen molar-refractivity contribution in [1.82, 2.24) is 5.32 Å². The number of allylic oxidation sites excluding steroid dienone is 1. The minimum Gasteiger partial charge on any atom is -0.452 e. The highest BCUT2D eigenvalue weighted by Crippen LogP contribution is 2.28. The predicted octanol–water partition coefficient (Wildman–Crippen LogP) is 2.82. The molecular weight excluding hydrogens is 350 g/mol. The first kappa shape index (κ1) is 20.4. The summed E-state index contributed by atoms with van der Waals surface area (Å²) < 4.78 is 4.97. The molecule has 0 heterocycles. The third-order valence-corrected chi connectivity index (χ3v) is 4.38. The van der Waals surface area contributed by atoms with E-state index >= 15 is 0 Å². The van der Waals surface area contributed by atoms with E-state index < -0.39 is 17.5 Å². The van der Waals surface area contributed by atoms with Gasteiger partial charge in [-0.25, -0.2) is 4.79 Å². The highest BCUT2D eigenvalue weighted by atomic mass is 16.6. The van der Waals surface area contributed by atoms with Crippen molar-refractivity contribution in [3.05, 3.63) is 45.5 Å². The second kappa shape index (κ2) is 9.70. The molecule has 1 aromatic rings. The van der Waals surface area contributed by atoms with E-state index in [1.807, 2.05) is 0 Å². The third kappa shape index (κ3) is 6.09. The van der Waals surface area contributed by atoms with Gasteiger partial charge in [-0.3, -0.25) is 14.9 Å². The van der Waals surface area contributed by atoms with Crippen molar-refractivity contribution >= 4 is 23.3 Å². The summed E-state index contributed by atoms with van der Waals surface area (Å²) in [7, 11) is 3.35. The van der Waals surface area contributed by atoms with Gasteiger partial charge in [0.15, 0.2) is 6.61 Å². The van der Waals surface area contributed by atoms with Crippen LogP contribution in [0.5, 0.6) is 0 Å². The molecule has 1 aliphatic rings. The first-order valence-electron chi connectivity index (χ1n) is 8.96. The van der Waals surface area contributed by atoms with E-state index in [0.29, 0.717) is 12.2 Å². The van der Waals surface area contributed by atoms with Gasteiger partial charge < -0.3 is 15.0 Å². The largest absolute Gasteiger partial charge is 0.452 e. The summed E-state index contributed by atoms with van der Waals surface area (Å²) in [4.78, 5) is 36.1. The monoisotopic (exact) mass is 375 g/mol. The summed E-state index contributed by atoms with van der Waals surface area (Å²) in [5.74, 6) is -1.16. The number of carbonyl (C=O) groups is 2. The standard InChI is InChI=1S/C19H25N3O5/c1-21(2)16-9-8-15(12-17(16)22(25)26)19(24)27-13-18(23)20-11-10-14-6-4-3-5-7-14/h6,8-9,12H,3-5,7,10-11,13H2,1-2H3,(H,20,23). The molecule has 1 aromatic carbocycles. The van der Waals surface area contributed by atoms with Crippen LogP contribution in [0.25, 0.3) is 0 Å². The molecule has 0 unspecified atom stereocenters. The molecule has 0 fully saturated rings. The van der Waals surface area contributed by atoms with Gasteiger partial charge in [-0.2, -0.15) is 0 Å². The molecule has 0 aliphatic heterocycles. The Kier molecular flexibility index (Phi) is 7.34. The van der Waals surface area contributed by atoms with Crippen molar-refractivity contribution in [1.29, 1.82) is 0 Å². The number of nitrogens with one attached hydrogen (secondary N) is 1. The Morgan fingerprint density at radius 1 is 1.30 bits per heavy atom. The molecule has 8 heteroatoms. The minimum atomic E-state index is -0.770. The maximum atomic E-state index is 12.1. The number of rotatable bonds is 8. The van der Waals surface area contributed by atoms with E-state index in [1.165, 1.54) is 30.5 Å². The maximum Gasteiger partial charge on any atom is 0.338 e. The molecule has 0 atom stereocenters. The minimum absolute atomic E-state index is 0.0347. The number of hydrogen-bond donors (Lipinski definition) is 1. The Morgan fingerprint density at radius 2 is 2.07 bits per heavy atom. The number of nitro groups is 1. The maximum absolute atomic E-state index is 12.1. The number of carbonyl (C=O) groups excluding carboxylic acids is 2. The molecule has 1 aliphatic carbocycles. The normalized spacial score (nSPS) is 13.5. The Bertz CT molecular complexity index is 743. The lowest BCUT2D eigenvalue weighted by Gasteiger charge is -2.14.